The van der Waals surface area contributed by atoms with Gasteiger partial charge in [0.15, 0.2) is 0 Å². The summed E-state index contributed by atoms with van der Waals surface area (Å²) in [5.41, 5.74) is 6.09. The molecule has 0 bridgehead atoms. The fraction of sp³-hybridized carbons (Fsp3) is 0.600. The van der Waals surface area contributed by atoms with Crippen LogP contribution in [0.25, 0.3) is 0 Å². The summed E-state index contributed by atoms with van der Waals surface area (Å²) >= 11 is 0. The maximum absolute atomic E-state index is 12.1. The number of piperazine rings is 1. The number of nitrogen functional groups attached to an aromatic ring is 1. The third-order valence-electron chi connectivity index (χ3n) is 3.33. The molecule has 2 rings (SSSR count). The predicted octanol–water partition coefficient (Wildman–Crippen LogP) is 1.73. The number of anilines is 2. The van der Waals surface area contributed by atoms with Gasteiger partial charge >= 0.3 is 6.09 Å². The van der Waals surface area contributed by atoms with E-state index < -0.39 is 5.60 Å². The van der Waals surface area contributed by atoms with Crippen molar-refractivity contribution in [2.24, 2.45) is 0 Å². The van der Waals surface area contributed by atoms with Crippen molar-refractivity contribution in [2.75, 3.05) is 43.9 Å². The first-order valence-corrected chi connectivity index (χ1v) is 7.33. The smallest absolute Gasteiger partial charge is 0.410 e. The molecular formula is C15H24N4O3. The molecule has 1 aliphatic heterocycles. The van der Waals surface area contributed by atoms with Gasteiger partial charge in [0.1, 0.15) is 17.1 Å². The molecule has 1 fully saturated rings. The van der Waals surface area contributed by atoms with E-state index >= 15 is 0 Å². The Hall–Kier alpha value is -2.18. The second-order valence-corrected chi connectivity index (χ2v) is 6.22. The Morgan fingerprint density at radius 2 is 1.86 bits per heavy atom. The topological polar surface area (TPSA) is 80.9 Å². The molecule has 0 unspecified atom stereocenters. The van der Waals surface area contributed by atoms with E-state index in [0.717, 1.165) is 5.69 Å². The third kappa shape index (κ3) is 3.93. The van der Waals surface area contributed by atoms with Crippen LogP contribution in [0.3, 0.4) is 0 Å². The maximum atomic E-state index is 12.1. The van der Waals surface area contributed by atoms with Gasteiger partial charge in [0.25, 0.3) is 0 Å². The first-order valence-electron chi connectivity index (χ1n) is 7.33. The highest BCUT2D eigenvalue weighted by molar-refractivity contribution is 5.69. The van der Waals surface area contributed by atoms with E-state index in [9.17, 15) is 4.79 Å². The lowest BCUT2D eigenvalue weighted by atomic mass is 10.2. The summed E-state index contributed by atoms with van der Waals surface area (Å²) in [5, 5.41) is 0. The van der Waals surface area contributed by atoms with E-state index in [2.05, 4.69) is 9.88 Å². The van der Waals surface area contributed by atoms with Gasteiger partial charge in [-0.15, -0.1) is 0 Å². The molecule has 1 aliphatic rings. The molecule has 2 heterocycles. The van der Waals surface area contributed by atoms with Crippen LogP contribution in [0.15, 0.2) is 12.1 Å². The fourth-order valence-corrected chi connectivity index (χ4v) is 2.29. The zero-order valence-electron chi connectivity index (χ0n) is 13.6. The number of methoxy groups -OCH3 is 1. The molecule has 122 valence electrons. The number of hydrogen-bond donors (Lipinski definition) is 1. The highest BCUT2D eigenvalue weighted by Crippen LogP contribution is 2.28. The Morgan fingerprint density at radius 3 is 2.41 bits per heavy atom. The van der Waals surface area contributed by atoms with Crippen LogP contribution in [-0.4, -0.2) is 54.9 Å². The Morgan fingerprint density at radius 1 is 1.23 bits per heavy atom. The molecule has 22 heavy (non-hydrogen) atoms. The zero-order valence-corrected chi connectivity index (χ0v) is 13.6. The standard InChI is InChI=1S/C15H24N4O3/c1-15(2,3)22-14(20)19-9-7-18(8-10-19)11-5-6-12(16)17-13(11)21-4/h5-6H,7-10H2,1-4H3,(H2,16,17). The van der Waals surface area contributed by atoms with Crippen molar-refractivity contribution in [3.63, 3.8) is 0 Å². The van der Waals surface area contributed by atoms with Crippen molar-refractivity contribution in [3.05, 3.63) is 12.1 Å². The molecule has 1 saturated heterocycles. The summed E-state index contributed by atoms with van der Waals surface area (Å²) in [5.74, 6) is 0.929. The van der Waals surface area contributed by atoms with Crippen molar-refractivity contribution in [3.8, 4) is 5.88 Å². The SMILES string of the molecule is COc1nc(N)ccc1N1CCN(C(=O)OC(C)(C)C)CC1. The lowest BCUT2D eigenvalue weighted by molar-refractivity contribution is 0.0240. The van der Waals surface area contributed by atoms with Crippen molar-refractivity contribution < 1.29 is 14.3 Å². The normalized spacial score (nSPS) is 15.6. The molecular weight excluding hydrogens is 284 g/mol. The Labute approximate surface area is 131 Å². The molecule has 1 aromatic rings. The lowest BCUT2D eigenvalue weighted by Crippen LogP contribution is -2.50. The number of nitrogens with two attached hydrogens (primary N) is 1. The van der Waals surface area contributed by atoms with Gasteiger partial charge in [0, 0.05) is 26.2 Å². The van der Waals surface area contributed by atoms with Crippen LogP contribution in [-0.2, 0) is 4.74 Å². The van der Waals surface area contributed by atoms with Crippen molar-refractivity contribution in [1.82, 2.24) is 9.88 Å². The molecule has 1 aromatic heterocycles. The Kier molecular flexibility index (Phi) is 4.63. The second kappa shape index (κ2) is 6.29. The number of hydrogen-bond acceptors (Lipinski definition) is 6. The van der Waals surface area contributed by atoms with Crippen LogP contribution in [0.4, 0.5) is 16.3 Å². The summed E-state index contributed by atoms with van der Waals surface area (Å²) in [7, 11) is 1.57. The molecule has 0 aromatic carbocycles. The molecule has 7 heteroatoms. The molecule has 0 atom stereocenters. The minimum atomic E-state index is -0.474. The monoisotopic (exact) mass is 308 g/mol. The van der Waals surface area contributed by atoms with Gasteiger partial charge in [0.2, 0.25) is 5.88 Å². The molecule has 0 saturated carbocycles. The van der Waals surface area contributed by atoms with Gasteiger partial charge < -0.3 is 25.0 Å². The van der Waals surface area contributed by atoms with E-state index in [1.165, 1.54) is 0 Å². The number of nitrogens with zero attached hydrogens (tertiary/aromatic N) is 3. The van der Waals surface area contributed by atoms with Gasteiger partial charge in [-0.05, 0) is 32.9 Å². The van der Waals surface area contributed by atoms with Crippen molar-refractivity contribution in [2.45, 2.75) is 26.4 Å². The number of carbonyl (C=O) groups is 1. The van der Waals surface area contributed by atoms with Gasteiger partial charge in [-0.1, -0.05) is 0 Å². The van der Waals surface area contributed by atoms with E-state index in [0.29, 0.717) is 37.9 Å². The number of amides is 1. The van der Waals surface area contributed by atoms with Gasteiger partial charge in [0.05, 0.1) is 7.11 Å². The largest absolute Gasteiger partial charge is 0.479 e. The van der Waals surface area contributed by atoms with Crippen molar-refractivity contribution in [1.29, 1.82) is 0 Å². The summed E-state index contributed by atoms with van der Waals surface area (Å²) in [4.78, 5) is 20.1. The summed E-state index contributed by atoms with van der Waals surface area (Å²) < 4.78 is 10.7. The van der Waals surface area contributed by atoms with Crippen LogP contribution in [0.2, 0.25) is 0 Å². The summed E-state index contributed by atoms with van der Waals surface area (Å²) in [6, 6.07) is 3.64. The van der Waals surface area contributed by atoms with Crippen LogP contribution >= 0.6 is 0 Å². The van der Waals surface area contributed by atoms with Gasteiger partial charge in [-0.3, -0.25) is 0 Å². The first-order chi connectivity index (χ1) is 10.3. The number of pyridine rings is 1. The maximum Gasteiger partial charge on any atom is 0.410 e. The predicted molar refractivity (Wildman–Crippen MR) is 85.2 cm³/mol. The van der Waals surface area contributed by atoms with Crippen molar-refractivity contribution >= 4 is 17.6 Å². The molecule has 2 N–H and O–H groups in total. The number of ether oxygens (including phenoxy) is 2. The van der Waals surface area contributed by atoms with E-state index in [1.54, 1.807) is 18.1 Å². The van der Waals surface area contributed by atoms with E-state index in [4.69, 9.17) is 15.2 Å². The minimum absolute atomic E-state index is 0.269. The highest BCUT2D eigenvalue weighted by atomic mass is 16.6. The molecule has 1 amide bonds. The minimum Gasteiger partial charge on any atom is -0.479 e. The highest BCUT2D eigenvalue weighted by Gasteiger charge is 2.27. The molecule has 0 spiro atoms. The average Bonchev–Trinajstić information content (AvgIpc) is 2.45. The van der Waals surface area contributed by atoms with Crippen LogP contribution in [0.1, 0.15) is 20.8 Å². The molecule has 0 radical (unpaired) electrons. The Balaban J connectivity index is 1.99. The second-order valence-electron chi connectivity index (χ2n) is 6.22. The number of rotatable bonds is 2. The van der Waals surface area contributed by atoms with Crippen LogP contribution in [0.5, 0.6) is 5.88 Å². The van der Waals surface area contributed by atoms with Crippen LogP contribution in [0, 0.1) is 0 Å². The van der Waals surface area contributed by atoms with Gasteiger partial charge in [-0.2, -0.15) is 4.98 Å². The zero-order chi connectivity index (χ0) is 16.3. The van der Waals surface area contributed by atoms with Crippen LogP contribution < -0.4 is 15.4 Å². The van der Waals surface area contributed by atoms with E-state index in [1.807, 2.05) is 26.8 Å². The Bertz CT molecular complexity index is 534. The fourth-order valence-electron chi connectivity index (χ4n) is 2.29. The average molecular weight is 308 g/mol. The third-order valence-corrected chi connectivity index (χ3v) is 3.33. The number of aromatic nitrogens is 1. The quantitative estimate of drug-likeness (QED) is 0.896. The van der Waals surface area contributed by atoms with E-state index in [-0.39, 0.29) is 6.09 Å². The number of carbonyl (C=O) groups excluding carboxylic acids is 1. The molecule has 0 aliphatic carbocycles. The first kappa shape index (κ1) is 16.2. The summed E-state index contributed by atoms with van der Waals surface area (Å²) in [6.07, 6.45) is -0.269. The van der Waals surface area contributed by atoms with Gasteiger partial charge in [-0.25, -0.2) is 4.79 Å². The summed E-state index contributed by atoms with van der Waals surface area (Å²) in [6.45, 7) is 8.19. The lowest BCUT2D eigenvalue weighted by Gasteiger charge is -2.36. The molecule has 7 nitrogen and oxygen atoms in total.